The first-order chi connectivity index (χ1) is 9.86. The fourth-order valence-electron chi connectivity index (χ4n) is 1.82. The average molecular weight is 378 g/mol. The standard InChI is InChI=1S/C14H20BrNO4S/c1-11-7-8-12(15)10-13(11)21(18,19)16-9-5-3-4-6-14(17)20-2/h7-8,10,16H,3-6,9H2,1-2H3. The Kier molecular flexibility index (Phi) is 7.34. The average Bonchev–Trinajstić information content (AvgIpc) is 2.44. The number of methoxy groups -OCH3 is 1. The largest absolute Gasteiger partial charge is 0.469 e. The molecule has 1 aromatic carbocycles. The topological polar surface area (TPSA) is 72.5 Å². The van der Waals surface area contributed by atoms with Crippen LogP contribution < -0.4 is 4.72 Å². The van der Waals surface area contributed by atoms with Crippen LogP contribution in [-0.2, 0) is 19.6 Å². The molecule has 0 heterocycles. The molecule has 5 nitrogen and oxygen atoms in total. The van der Waals surface area contributed by atoms with Crippen molar-refractivity contribution in [3.05, 3.63) is 28.2 Å². The normalized spacial score (nSPS) is 11.4. The lowest BCUT2D eigenvalue weighted by Crippen LogP contribution is -2.25. The second-order valence-electron chi connectivity index (χ2n) is 4.69. The van der Waals surface area contributed by atoms with Crippen LogP contribution in [0.2, 0.25) is 0 Å². The molecule has 0 saturated heterocycles. The molecule has 0 atom stereocenters. The SMILES string of the molecule is COC(=O)CCCCCNS(=O)(=O)c1cc(Br)ccc1C. The number of sulfonamides is 1. The zero-order valence-electron chi connectivity index (χ0n) is 12.2. The van der Waals surface area contributed by atoms with Crippen molar-refractivity contribution in [2.45, 2.75) is 37.5 Å². The molecule has 1 rings (SSSR count). The van der Waals surface area contributed by atoms with Crippen molar-refractivity contribution in [3.8, 4) is 0 Å². The van der Waals surface area contributed by atoms with Gasteiger partial charge in [-0.05, 0) is 37.5 Å². The number of hydrogen-bond donors (Lipinski definition) is 1. The number of halogens is 1. The quantitative estimate of drug-likeness (QED) is 0.558. The Morgan fingerprint density at radius 1 is 1.29 bits per heavy atom. The summed E-state index contributed by atoms with van der Waals surface area (Å²) in [5.41, 5.74) is 0.705. The van der Waals surface area contributed by atoms with Crippen LogP contribution in [0.25, 0.3) is 0 Å². The highest BCUT2D eigenvalue weighted by molar-refractivity contribution is 9.10. The number of unbranched alkanes of at least 4 members (excludes halogenated alkanes) is 2. The Bertz CT molecular complexity index is 587. The highest BCUT2D eigenvalue weighted by atomic mass is 79.9. The molecule has 7 heteroatoms. The smallest absolute Gasteiger partial charge is 0.305 e. The predicted molar refractivity (Wildman–Crippen MR) is 84.6 cm³/mol. The molecule has 0 amide bonds. The van der Waals surface area contributed by atoms with E-state index in [4.69, 9.17) is 0 Å². The Balaban J connectivity index is 2.43. The van der Waals surface area contributed by atoms with Crippen molar-refractivity contribution in [3.63, 3.8) is 0 Å². The second-order valence-corrected chi connectivity index (χ2v) is 7.35. The van der Waals surface area contributed by atoms with E-state index in [9.17, 15) is 13.2 Å². The van der Waals surface area contributed by atoms with Gasteiger partial charge in [0, 0.05) is 17.4 Å². The predicted octanol–water partition coefficient (Wildman–Crippen LogP) is 2.77. The van der Waals surface area contributed by atoms with Gasteiger partial charge in [0.15, 0.2) is 0 Å². The van der Waals surface area contributed by atoms with Crippen molar-refractivity contribution < 1.29 is 17.9 Å². The van der Waals surface area contributed by atoms with E-state index in [1.807, 2.05) is 0 Å². The summed E-state index contributed by atoms with van der Waals surface area (Å²) < 4.78 is 32.2. The van der Waals surface area contributed by atoms with E-state index in [2.05, 4.69) is 25.4 Å². The molecule has 0 aromatic heterocycles. The number of esters is 1. The molecule has 0 aliphatic heterocycles. The minimum atomic E-state index is -3.49. The van der Waals surface area contributed by atoms with Crippen LogP contribution >= 0.6 is 15.9 Å². The van der Waals surface area contributed by atoms with E-state index in [0.717, 1.165) is 10.9 Å². The van der Waals surface area contributed by atoms with Crippen LogP contribution in [0.15, 0.2) is 27.6 Å². The number of ether oxygens (including phenoxy) is 1. The second kappa shape index (κ2) is 8.51. The molecule has 0 aliphatic carbocycles. The summed E-state index contributed by atoms with van der Waals surface area (Å²) in [7, 11) is -2.14. The minimum absolute atomic E-state index is 0.236. The van der Waals surface area contributed by atoms with Gasteiger partial charge in [-0.25, -0.2) is 13.1 Å². The Hall–Kier alpha value is -0.920. The molecule has 1 N–H and O–H groups in total. The molecule has 118 valence electrons. The summed E-state index contributed by atoms with van der Waals surface area (Å²) in [6.45, 7) is 2.12. The number of carbonyl (C=O) groups excluding carboxylic acids is 1. The molecule has 0 spiro atoms. The summed E-state index contributed by atoms with van der Waals surface area (Å²) in [4.78, 5) is 11.2. The first-order valence-corrected chi connectivity index (χ1v) is 8.97. The lowest BCUT2D eigenvalue weighted by Gasteiger charge is -2.09. The van der Waals surface area contributed by atoms with Gasteiger partial charge < -0.3 is 4.74 Å². The molecular weight excluding hydrogens is 358 g/mol. The molecule has 0 radical (unpaired) electrons. The highest BCUT2D eigenvalue weighted by Gasteiger charge is 2.16. The lowest BCUT2D eigenvalue weighted by atomic mass is 10.2. The van der Waals surface area contributed by atoms with Crippen LogP contribution in [0.3, 0.4) is 0 Å². The van der Waals surface area contributed by atoms with Crippen molar-refractivity contribution in [1.29, 1.82) is 0 Å². The fraction of sp³-hybridized carbons (Fsp3) is 0.500. The van der Waals surface area contributed by atoms with E-state index in [1.165, 1.54) is 7.11 Å². The summed E-state index contributed by atoms with van der Waals surface area (Å²) >= 11 is 3.28. The molecule has 0 fully saturated rings. The Morgan fingerprint density at radius 2 is 2.00 bits per heavy atom. The highest BCUT2D eigenvalue weighted by Crippen LogP contribution is 2.20. The summed E-state index contributed by atoms with van der Waals surface area (Å²) in [5.74, 6) is -0.236. The number of nitrogens with one attached hydrogen (secondary N) is 1. The minimum Gasteiger partial charge on any atom is -0.469 e. The van der Waals surface area contributed by atoms with Crippen LogP contribution in [-0.4, -0.2) is 28.0 Å². The molecule has 1 aromatic rings. The molecule has 0 saturated carbocycles. The first-order valence-electron chi connectivity index (χ1n) is 6.69. The zero-order valence-corrected chi connectivity index (χ0v) is 14.6. The van der Waals surface area contributed by atoms with Crippen LogP contribution in [0.4, 0.5) is 0 Å². The molecule has 21 heavy (non-hydrogen) atoms. The first kappa shape index (κ1) is 18.1. The van der Waals surface area contributed by atoms with Gasteiger partial charge in [-0.2, -0.15) is 0 Å². The van der Waals surface area contributed by atoms with E-state index in [0.29, 0.717) is 31.4 Å². The maximum Gasteiger partial charge on any atom is 0.305 e. The van der Waals surface area contributed by atoms with Gasteiger partial charge in [-0.3, -0.25) is 4.79 Å². The van der Waals surface area contributed by atoms with Gasteiger partial charge in [0.1, 0.15) is 0 Å². The molecule has 0 unspecified atom stereocenters. The third-order valence-corrected chi connectivity index (χ3v) is 5.11. The number of rotatable bonds is 8. The molecule has 0 bridgehead atoms. The number of benzene rings is 1. The Labute approximate surface area is 134 Å². The summed E-state index contributed by atoms with van der Waals surface area (Å²) in [6.07, 6.45) is 2.52. The maximum absolute atomic E-state index is 12.2. The maximum atomic E-state index is 12.2. The van der Waals surface area contributed by atoms with Crippen molar-refractivity contribution in [2.24, 2.45) is 0 Å². The number of hydrogen-bond acceptors (Lipinski definition) is 4. The molecule has 0 aliphatic rings. The van der Waals surface area contributed by atoms with Crippen molar-refractivity contribution >= 4 is 31.9 Å². The lowest BCUT2D eigenvalue weighted by molar-refractivity contribution is -0.140. The van der Waals surface area contributed by atoms with Gasteiger partial charge in [-0.1, -0.05) is 28.4 Å². The third-order valence-electron chi connectivity index (χ3n) is 3.02. The van der Waals surface area contributed by atoms with Crippen LogP contribution in [0.1, 0.15) is 31.2 Å². The van der Waals surface area contributed by atoms with Crippen LogP contribution in [0.5, 0.6) is 0 Å². The van der Waals surface area contributed by atoms with E-state index < -0.39 is 10.0 Å². The van der Waals surface area contributed by atoms with Crippen LogP contribution in [0, 0.1) is 6.92 Å². The zero-order chi connectivity index (χ0) is 15.9. The van der Waals surface area contributed by atoms with Gasteiger partial charge in [0.2, 0.25) is 10.0 Å². The fourth-order valence-corrected chi connectivity index (χ4v) is 3.68. The van der Waals surface area contributed by atoms with Crippen molar-refractivity contribution in [1.82, 2.24) is 4.72 Å². The van der Waals surface area contributed by atoms with Gasteiger partial charge in [0.25, 0.3) is 0 Å². The monoisotopic (exact) mass is 377 g/mol. The summed E-state index contributed by atoms with van der Waals surface area (Å²) in [5, 5.41) is 0. The molecular formula is C14H20BrNO4S. The number of carbonyl (C=O) groups is 1. The van der Waals surface area contributed by atoms with E-state index in [1.54, 1.807) is 25.1 Å². The van der Waals surface area contributed by atoms with E-state index in [-0.39, 0.29) is 10.9 Å². The van der Waals surface area contributed by atoms with Gasteiger partial charge in [0.05, 0.1) is 12.0 Å². The van der Waals surface area contributed by atoms with E-state index >= 15 is 0 Å². The number of aryl methyl sites for hydroxylation is 1. The third kappa shape index (κ3) is 6.15. The Morgan fingerprint density at radius 3 is 2.67 bits per heavy atom. The van der Waals surface area contributed by atoms with Gasteiger partial charge >= 0.3 is 5.97 Å². The van der Waals surface area contributed by atoms with Gasteiger partial charge in [-0.15, -0.1) is 0 Å². The summed E-state index contributed by atoms with van der Waals surface area (Å²) in [6, 6.07) is 5.16. The van der Waals surface area contributed by atoms with Crippen molar-refractivity contribution in [2.75, 3.05) is 13.7 Å².